The highest BCUT2D eigenvalue weighted by Gasteiger charge is 2.39. The Kier molecular flexibility index (Phi) is 5.98. The number of nitrogens with zero attached hydrogens (tertiary/aromatic N) is 1. The molecule has 27 heavy (non-hydrogen) atoms. The highest BCUT2D eigenvalue weighted by atomic mass is 16.5. The summed E-state index contributed by atoms with van der Waals surface area (Å²) in [5.74, 6) is 0.0589. The van der Waals surface area contributed by atoms with Gasteiger partial charge < -0.3 is 14.7 Å². The molecule has 1 saturated heterocycles. The zero-order valence-electron chi connectivity index (χ0n) is 16.3. The molecule has 0 aromatic heterocycles. The monoisotopic (exact) mass is 367 g/mol. The third-order valence-corrected chi connectivity index (χ3v) is 4.95. The standard InChI is InChI=1S/C23H29NO3/c1-23(2,3)22(26)24-15-20(25)14-19(24)16-27-21(17-10-6-4-7-11-17)18-12-8-5-9-13-18/h4-13,19-21,25H,14-16H2,1-3H3/t19-,20+/m0/s1. The van der Waals surface area contributed by atoms with Gasteiger partial charge in [-0.15, -0.1) is 0 Å². The Balaban J connectivity index is 1.78. The first-order valence-electron chi connectivity index (χ1n) is 9.57. The highest BCUT2D eigenvalue weighted by molar-refractivity contribution is 5.82. The number of carbonyl (C=O) groups is 1. The van der Waals surface area contributed by atoms with Gasteiger partial charge in [-0.05, 0) is 17.5 Å². The van der Waals surface area contributed by atoms with Crippen molar-refractivity contribution in [3.05, 3.63) is 71.8 Å². The Bertz CT molecular complexity index is 700. The van der Waals surface area contributed by atoms with E-state index in [0.29, 0.717) is 19.6 Å². The van der Waals surface area contributed by atoms with Crippen LogP contribution in [-0.4, -0.2) is 41.2 Å². The number of ether oxygens (including phenoxy) is 1. The van der Waals surface area contributed by atoms with Crippen molar-refractivity contribution in [3.8, 4) is 0 Å². The molecule has 1 aliphatic heterocycles. The molecular weight excluding hydrogens is 338 g/mol. The maximum Gasteiger partial charge on any atom is 0.228 e. The lowest BCUT2D eigenvalue weighted by Gasteiger charge is -2.31. The van der Waals surface area contributed by atoms with Gasteiger partial charge in [0, 0.05) is 12.0 Å². The summed E-state index contributed by atoms with van der Waals surface area (Å²) in [4.78, 5) is 14.6. The van der Waals surface area contributed by atoms with Crippen LogP contribution in [0.5, 0.6) is 0 Å². The van der Waals surface area contributed by atoms with Crippen molar-refractivity contribution in [1.82, 2.24) is 4.90 Å². The van der Waals surface area contributed by atoms with E-state index in [1.165, 1.54) is 0 Å². The van der Waals surface area contributed by atoms with Gasteiger partial charge >= 0.3 is 0 Å². The molecule has 2 atom stereocenters. The average molecular weight is 367 g/mol. The molecule has 1 amide bonds. The van der Waals surface area contributed by atoms with Crippen molar-refractivity contribution in [2.24, 2.45) is 5.41 Å². The highest BCUT2D eigenvalue weighted by Crippen LogP contribution is 2.30. The summed E-state index contributed by atoms with van der Waals surface area (Å²) < 4.78 is 6.33. The Hall–Kier alpha value is -2.17. The molecule has 0 unspecified atom stereocenters. The smallest absolute Gasteiger partial charge is 0.228 e. The largest absolute Gasteiger partial charge is 0.391 e. The fourth-order valence-corrected chi connectivity index (χ4v) is 3.58. The quantitative estimate of drug-likeness (QED) is 0.874. The SMILES string of the molecule is CC(C)(C)C(=O)N1C[C@H](O)C[C@H]1COC(c1ccccc1)c1ccccc1. The van der Waals surface area contributed by atoms with Crippen LogP contribution in [0.1, 0.15) is 44.4 Å². The lowest BCUT2D eigenvalue weighted by atomic mass is 9.94. The van der Waals surface area contributed by atoms with E-state index in [1.54, 1.807) is 4.90 Å². The molecule has 4 nitrogen and oxygen atoms in total. The molecule has 2 aromatic rings. The first-order chi connectivity index (χ1) is 12.9. The van der Waals surface area contributed by atoms with E-state index in [4.69, 9.17) is 4.74 Å². The number of aliphatic hydroxyl groups is 1. The van der Waals surface area contributed by atoms with E-state index < -0.39 is 11.5 Å². The van der Waals surface area contributed by atoms with Gasteiger partial charge in [0.25, 0.3) is 0 Å². The normalized spacial score (nSPS) is 20.3. The number of benzene rings is 2. The molecule has 3 rings (SSSR count). The van der Waals surface area contributed by atoms with Crippen LogP contribution in [0.4, 0.5) is 0 Å². The van der Waals surface area contributed by atoms with Gasteiger partial charge in [-0.1, -0.05) is 81.4 Å². The fraction of sp³-hybridized carbons (Fsp3) is 0.435. The number of amides is 1. The zero-order chi connectivity index (χ0) is 19.4. The van der Waals surface area contributed by atoms with Gasteiger partial charge in [-0.25, -0.2) is 0 Å². The number of hydrogen-bond donors (Lipinski definition) is 1. The van der Waals surface area contributed by atoms with Gasteiger partial charge in [0.2, 0.25) is 5.91 Å². The van der Waals surface area contributed by atoms with Crippen LogP contribution in [0.15, 0.2) is 60.7 Å². The Labute approximate surface area is 161 Å². The minimum Gasteiger partial charge on any atom is -0.391 e. The van der Waals surface area contributed by atoms with Crippen LogP contribution in [0.3, 0.4) is 0 Å². The molecule has 1 fully saturated rings. The van der Waals surface area contributed by atoms with Gasteiger partial charge in [0.15, 0.2) is 0 Å². The second-order valence-electron chi connectivity index (χ2n) is 8.29. The van der Waals surface area contributed by atoms with E-state index in [-0.39, 0.29) is 18.1 Å². The first kappa shape index (κ1) is 19.6. The van der Waals surface area contributed by atoms with Gasteiger partial charge in [0.1, 0.15) is 6.10 Å². The molecule has 0 spiro atoms. The maximum atomic E-state index is 12.8. The number of carbonyl (C=O) groups excluding carboxylic acids is 1. The van der Waals surface area contributed by atoms with Gasteiger partial charge in [-0.3, -0.25) is 4.79 Å². The summed E-state index contributed by atoms with van der Waals surface area (Å²) in [5.41, 5.74) is 1.69. The van der Waals surface area contributed by atoms with Crippen LogP contribution in [0.2, 0.25) is 0 Å². The Morgan fingerprint density at radius 1 is 1.07 bits per heavy atom. The van der Waals surface area contributed by atoms with Crippen LogP contribution >= 0.6 is 0 Å². The zero-order valence-corrected chi connectivity index (χ0v) is 16.3. The molecule has 0 radical (unpaired) electrons. The molecule has 144 valence electrons. The van der Waals surface area contributed by atoms with Gasteiger partial charge in [0.05, 0.1) is 18.8 Å². The topological polar surface area (TPSA) is 49.8 Å². The fourth-order valence-electron chi connectivity index (χ4n) is 3.58. The summed E-state index contributed by atoms with van der Waals surface area (Å²) in [5, 5.41) is 10.1. The number of aliphatic hydroxyl groups excluding tert-OH is 1. The second kappa shape index (κ2) is 8.24. The minimum absolute atomic E-state index is 0.0589. The molecule has 1 heterocycles. The molecular formula is C23H29NO3. The molecule has 0 bridgehead atoms. The average Bonchev–Trinajstić information content (AvgIpc) is 3.03. The summed E-state index contributed by atoms with van der Waals surface area (Å²) >= 11 is 0. The number of β-amino-alcohol motifs (C(OH)–C–C–N with tert-alkyl or cyclic N) is 1. The molecule has 1 N–H and O–H groups in total. The number of hydrogen-bond acceptors (Lipinski definition) is 3. The number of likely N-dealkylation sites (tertiary alicyclic amines) is 1. The van der Waals surface area contributed by atoms with E-state index in [9.17, 15) is 9.90 Å². The maximum absolute atomic E-state index is 12.8. The van der Waals surface area contributed by atoms with Crippen LogP contribution in [0, 0.1) is 5.41 Å². The predicted octanol–water partition coefficient (Wildman–Crippen LogP) is 3.80. The second-order valence-corrected chi connectivity index (χ2v) is 8.29. The molecule has 0 aliphatic carbocycles. The van der Waals surface area contributed by atoms with Crippen LogP contribution in [0.25, 0.3) is 0 Å². The lowest BCUT2D eigenvalue weighted by Crippen LogP contribution is -2.44. The van der Waals surface area contributed by atoms with Crippen LogP contribution in [-0.2, 0) is 9.53 Å². The van der Waals surface area contributed by atoms with Crippen molar-refractivity contribution < 1.29 is 14.6 Å². The van der Waals surface area contributed by atoms with Gasteiger partial charge in [-0.2, -0.15) is 0 Å². The van der Waals surface area contributed by atoms with Crippen LogP contribution < -0.4 is 0 Å². The minimum atomic E-state index is -0.489. The van der Waals surface area contributed by atoms with Crippen molar-refractivity contribution in [3.63, 3.8) is 0 Å². The Morgan fingerprint density at radius 3 is 2.07 bits per heavy atom. The molecule has 2 aromatic carbocycles. The summed E-state index contributed by atoms with van der Waals surface area (Å²) in [7, 11) is 0. The van der Waals surface area contributed by atoms with Crippen molar-refractivity contribution in [2.45, 2.75) is 45.4 Å². The molecule has 0 saturated carbocycles. The molecule has 4 heteroatoms. The van der Waals surface area contributed by atoms with E-state index >= 15 is 0 Å². The van der Waals surface area contributed by atoms with E-state index in [2.05, 4.69) is 24.3 Å². The predicted molar refractivity (Wildman–Crippen MR) is 106 cm³/mol. The summed E-state index contributed by atoms with van der Waals surface area (Å²) in [6.45, 7) is 6.51. The Morgan fingerprint density at radius 2 is 1.59 bits per heavy atom. The van der Waals surface area contributed by atoms with E-state index in [0.717, 1.165) is 11.1 Å². The van der Waals surface area contributed by atoms with Crippen molar-refractivity contribution in [1.29, 1.82) is 0 Å². The lowest BCUT2D eigenvalue weighted by molar-refractivity contribution is -0.142. The first-order valence-corrected chi connectivity index (χ1v) is 9.57. The number of rotatable bonds is 5. The van der Waals surface area contributed by atoms with E-state index in [1.807, 2.05) is 57.2 Å². The summed E-state index contributed by atoms with van der Waals surface area (Å²) in [6, 6.07) is 20.1. The summed E-state index contributed by atoms with van der Waals surface area (Å²) in [6.07, 6.45) is -0.133. The van der Waals surface area contributed by atoms with Crippen molar-refractivity contribution >= 4 is 5.91 Å². The molecule has 1 aliphatic rings. The third-order valence-electron chi connectivity index (χ3n) is 4.95. The van der Waals surface area contributed by atoms with Crippen molar-refractivity contribution in [2.75, 3.05) is 13.2 Å². The third kappa shape index (κ3) is 4.76.